The molecule has 1 N–H and O–H groups in total. The molecule has 0 spiro atoms. The maximum Gasteiger partial charge on any atom is 0.340 e. The lowest BCUT2D eigenvalue weighted by Gasteiger charge is -2.26. The second kappa shape index (κ2) is 8.58. The number of carbonyl (C=O) groups is 2. The Labute approximate surface area is 165 Å². The van der Waals surface area contributed by atoms with Crippen LogP contribution >= 0.6 is 11.6 Å². The summed E-state index contributed by atoms with van der Waals surface area (Å²) in [6.07, 6.45) is 2.62. The van der Waals surface area contributed by atoms with Crippen molar-refractivity contribution >= 4 is 33.5 Å². The summed E-state index contributed by atoms with van der Waals surface area (Å²) in [6.45, 7) is 5.85. The number of nitrogens with one attached hydrogen (secondary N) is 1. The van der Waals surface area contributed by atoms with Crippen LogP contribution in [0.15, 0.2) is 23.1 Å². The first-order chi connectivity index (χ1) is 12.5. The minimum absolute atomic E-state index is 0.0140. The SMILES string of the molecule is CC(C)(C)NC(=O)COC(=O)c1cc(S(=O)(=O)N2CCCCC2)ccc1Cl. The number of hydrogen-bond donors (Lipinski definition) is 1. The van der Waals surface area contributed by atoms with Crippen LogP contribution in [-0.4, -0.2) is 49.8 Å². The molecule has 0 saturated carbocycles. The van der Waals surface area contributed by atoms with Gasteiger partial charge in [-0.25, -0.2) is 13.2 Å². The number of amides is 1. The van der Waals surface area contributed by atoms with Gasteiger partial charge in [-0.05, 0) is 51.8 Å². The molecule has 27 heavy (non-hydrogen) atoms. The second-order valence-electron chi connectivity index (χ2n) is 7.48. The molecule has 0 aromatic heterocycles. The minimum atomic E-state index is -3.70. The predicted molar refractivity (Wildman–Crippen MR) is 102 cm³/mol. The van der Waals surface area contributed by atoms with Gasteiger partial charge in [0.1, 0.15) is 0 Å². The molecule has 1 aromatic carbocycles. The first-order valence-electron chi connectivity index (χ1n) is 8.78. The van der Waals surface area contributed by atoms with Crippen molar-refractivity contribution in [1.82, 2.24) is 9.62 Å². The Hall–Kier alpha value is -1.64. The summed E-state index contributed by atoms with van der Waals surface area (Å²) < 4.78 is 31.9. The van der Waals surface area contributed by atoms with Gasteiger partial charge in [-0.3, -0.25) is 4.79 Å². The van der Waals surface area contributed by atoms with Gasteiger partial charge in [0, 0.05) is 18.6 Å². The van der Waals surface area contributed by atoms with E-state index in [4.69, 9.17) is 16.3 Å². The maximum absolute atomic E-state index is 12.8. The van der Waals surface area contributed by atoms with E-state index in [0.29, 0.717) is 13.1 Å². The number of nitrogens with zero attached hydrogens (tertiary/aromatic N) is 1. The summed E-state index contributed by atoms with van der Waals surface area (Å²) >= 11 is 6.04. The minimum Gasteiger partial charge on any atom is -0.452 e. The summed E-state index contributed by atoms with van der Waals surface area (Å²) in [5.74, 6) is -1.30. The van der Waals surface area contributed by atoms with Crippen molar-refractivity contribution in [2.45, 2.75) is 50.5 Å². The van der Waals surface area contributed by atoms with Crippen molar-refractivity contribution in [3.63, 3.8) is 0 Å². The molecule has 1 aromatic rings. The number of hydrogen-bond acceptors (Lipinski definition) is 5. The Kier molecular flexibility index (Phi) is 6.88. The lowest BCUT2D eigenvalue weighted by Crippen LogP contribution is -2.42. The van der Waals surface area contributed by atoms with Crippen molar-refractivity contribution < 1.29 is 22.7 Å². The number of carbonyl (C=O) groups excluding carboxylic acids is 2. The van der Waals surface area contributed by atoms with Gasteiger partial charge in [-0.2, -0.15) is 4.31 Å². The van der Waals surface area contributed by atoms with E-state index < -0.39 is 34.0 Å². The number of ether oxygens (including phenoxy) is 1. The number of esters is 1. The Bertz CT molecular complexity index is 812. The third-order valence-electron chi connectivity index (χ3n) is 3.96. The topological polar surface area (TPSA) is 92.8 Å². The van der Waals surface area contributed by atoms with Gasteiger partial charge in [-0.1, -0.05) is 18.0 Å². The molecule has 0 radical (unpaired) electrons. The van der Waals surface area contributed by atoms with Gasteiger partial charge in [0.15, 0.2) is 6.61 Å². The summed E-state index contributed by atoms with van der Waals surface area (Å²) in [5.41, 5.74) is -0.540. The van der Waals surface area contributed by atoms with E-state index in [0.717, 1.165) is 19.3 Å². The molecule has 1 amide bonds. The molecule has 0 unspecified atom stereocenters. The van der Waals surface area contributed by atoms with Crippen LogP contribution in [-0.2, 0) is 19.6 Å². The van der Waals surface area contributed by atoms with Gasteiger partial charge in [-0.15, -0.1) is 0 Å². The third kappa shape index (κ3) is 5.92. The number of rotatable bonds is 5. The van der Waals surface area contributed by atoms with Gasteiger partial charge < -0.3 is 10.1 Å². The molecule has 2 rings (SSSR count). The van der Waals surface area contributed by atoms with Crippen LogP contribution in [0.3, 0.4) is 0 Å². The van der Waals surface area contributed by atoms with E-state index >= 15 is 0 Å². The zero-order chi connectivity index (χ0) is 20.2. The third-order valence-corrected chi connectivity index (χ3v) is 6.18. The maximum atomic E-state index is 12.8. The highest BCUT2D eigenvalue weighted by atomic mass is 35.5. The monoisotopic (exact) mass is 416 g/mol. The molecular formula is C18H25ClN2O5S. The van der Waals surface area contributed by atoms with Crippen molar-refractivity contribution in [2.75, 3.05) is 19.7 Å². The molecule has 1 saturated heterocycles. The normalized spacial score (nSPS) is 16.0. The van der Waals surface area contributed by atoms with E-state index in [9.17, 15) is 18.0 Å². The van der Waals surface area contributed by atoms with Crippen molar-refractivity contribution in [1.29, 1.82) is 0 Å². The van der Waals surface area contributed by atoms with E-state index in [1.54, 1.807) is 20.8 Å². The first-order valence-corrected chi connectivity index (χ1v) is 10.6. The molecular weight excluding hydrogens is 392 g/mol. The molecule has 150 valence electrons. The second-order valence-corrected chi connectivity index (χ2v) is 9.83. The number of benzene rings is 1. The molecule has 0 aliphatic carbocycles. The number of sulfonamides is 1. The molecule has 1 aliphatic rings. The predicted octanol–water partition coefficient (Wildman–Crippen LogP) is 2.59. The quantitative estimate of drug-likeness (QED) is 0.744. The molecule has 1 heterocycles. The Morgan fingerprint density at radius 2 is 1.81 bits per heavy atom. The summed E-state index contributed by atoms with van der Waals surface area (Å²) in [6, 6.07) is 3.93. The highest BCUT2D eigenvalue weighted by molar-refractivity contribution is 7.89. The van der Waals surface area contributed by atoms with Gasteiger partial charge >= 0.3 is 5.97 Å². The Morgan fingerprint density at radius 3 is 2.41 bits per heavy atom. The molecule has 1 fully saturated rings. The van der Waals surface area contributed by atoms with Gasteiger partial charge in [0.25, 0.3) is 5.91 Å². The van der Waals surface area contributed by atoms with Crippen molar-refractivity contribution in [3.05, 3.63) is 28.8 Å². The highest BCUT2D eigenvalue weighted by Gasteiger charge is 2.27. The van der Waals surface area contributed by atoms with Crippen LogP contribution in [0.1, 0.15) is 50.4 Å². The Morgan fingerprint density at radius 1 is 1.19 bits per heavy atom. The number of piperidine rings is 1. The fourth-order valence-corrected chi connectivity index (χ4v) is 4.48. The molecule has 7 nitrogen and oxygen atoms in total. The average Bonchev–Trinajstić information content (AvgIpc) is 2.59. The zero-order valence-electron chi connectivity index (χ0n) is 15.7. The fourth-order valence-electron chi connectivity index (χ4n) is 2.74. The summed E-state index contributed by atoms with van der Waals surface area (Å²) in [4.78, 5) is 24.1. The zero-order valence-corrected chi connectivity index (χ0v) is 17.3. The standard InChI is InChI=1S/C18H25ClN2O5S/c1-18(2,3)20-16(22)12-26-17(23)14-11-13(7-8-15(14)19)27(24,25)21-9-5-4-6-10-21/h7-8,11H,4-6,9-10,12H2,1-3H3,(H,20,22). The van der Waals surface area contributed by atoms with Gasteiger partial charge in [0.05, 0.1) is 15.5 Å². The van der Waals surface area contributed by atoms with Crippen molar-refractivity contribution in [3.8, 4) is 0 Å². The highest BCUT2D eigenvalue weighted by Crippen LogP contribution is 2.25. The summed E-state index contributed by atoms with van der Waals surface area (Å²) in [7, 11) is -3.70. The van der Waals surface area contributed by atoms with Crippen LogP contribution < -0.4 is 5.32 Å². The average molecular weight is 417 g/mol. The largest absolute Gasteiger partial charge is 0.452 e. The molecule has 0 atom stereocenters. The molecule has 0 bridgehead atoms. The van der Waals surface area contributed by atoms with Gasteiger partial charge in [0.2, 0.25) is 10.0 Å². The van der Waals surface area contributed by atoms with E-state index in [2.05, 4.69) is 5.32 Å². The van der Waals surface area contributed by atoms with Crippen LogP contribution in [0.5, 0.6) is 0 Å². The molecule has 9 heteroatoms. The lowest BCUT2D eigenvalue weighted by molar-refractivity contribution is -0.125. The summed E-state index contributed by atoms with van der Waals surface area (Å²) in [5, 5.41) is 2.73. The Balaban J connectivity index is 2.14. The van der Waals surface area contributed by atoms with E-state index in [1.807, 2.05) is 0 Å². The van der Waals surface area contributed by atoms with Crippen LogP contribution in [0, 0.1) is 0 Å². The molecule has 1 aliphatic heterocycles. The van der Waals surface area contributed by atoms with Crippen LogP contribution in [0.4, 0.5) is 0 Å². The van der Waals surface area contributed by atoms with E-state index in [-0.39, 0.29) is 15.5 Å². The fraction of sp³-hybridized carbons (Fsp3) is 0.556. The smallest absolute Gasteiger partial charge is 0.340 e. The lowest BCUT2D eigenvalue weighted by atomic mass is 10.1. The van der Waals surface area contributed by atoms with Crippen molar-refractivity contribution in [2.24, 2.45) is 0 Å². The van der Waals surface area contributed by atoms with E-state index in [1.165, 1.54) is 22.5 Å². The first kappa shape index (κ1) is 21.7. The number of halogens is 1. The van der Waals surface area contributed by atoms with Crippen LogP contribution in [0.2, 0.25) is 5.02 Å². The van der Waals surface area contributed by atoms with Crippen LogP contribution in [0.25, 0.3) is 0 Å².